The lowest BCUT2D eigenvalue weighted by Crippen LogP contribution is -2.44. The summed E-state index contributed by atoms with van der Waals surface area (Å²) in [5, 5.41) is 7.04. The fraction of sp³-hybridized carbons (Fsp3) is 0.696. The van der Waals surface area contributed by atoms with Gasteiger partial charge < -0.3 is 20.3 Å². The van der Waals surface area contributed by atoms with Crippen molar-refractivity contribution in [3.8, 4) is 5.75 Å². The monoisotopic (exact) mass is 529 g/mol. The van der Waals surface area contributed by atoms with Gasteiger partial charge in [0.15, 0.2) is 5.96 Å². The van der Waals surface area contributed by atoms with E-state index in [0.29, 0.717) is 12.0 Å². The van der Waals surface area contributed by atoms with E-state index >= 15 is 0 Å². The number of aliphatic imine (C=N–C) groups is 1. The quantitative estimate of drug-likeness (QED) is 0.308. The Bertz CT molecular complexity index is 650. The molecule has 1 aromatic carbocycles. The predicted octanol–water partition coefficient (Wildman–Crippen LogP) is 3.35. The molecule has 2 saturated heterocycles. The number of methoxy groups -OCH3 is 1. The van der Waals surface area contributed by atoms with Crippen LogP contribution in [0.1, 0.15) is 44.2 Å². The van der Waals surface area contributed by atoms with Gasteiger partial charge in [0.2, 0.25) is 0 Å². The van der Waals surface area contributed by atoms with Crippen LogP contribution in [0.25, 0.3) is 0 Å². The van der Waals surface area contributed by atoms with E-state index in [-0.39, 0.29) is 24.0 Å². The van der Waals surface area contributed by atoms with Crippen LogP contribution in [0.4, 0.5) is 0 Å². The van der Waals surface area contributed by atoms with Crippen molar-refractivity contribution in [2.24, 2.45) is 10.9 Å². The average molecular weight is 530 g/mol. The number of benzene rings is 1. The molecule has 2 atom stereocenters. The average Bonchev–Trinajstić information content (AvgIpc) is 3.27. The Balaban J connectivity index is 0.00000320. The summed E-state index contributed by atoms with van der Waals surface area (Å²) in [6.45, 7) is 9.45. The molecule has 2 aliphatic rings. The summed E-state index contributed by atoms with van der Waals surface area (Å²) in [7, 11) is 3.96. The number of likely N-dealkylation sites (tertiary alicyclic amines) is 2. The highest BCUT2D eigenvalue weighted by Crippen LogP contribution is 2.28. The zero-order valence-electron chi connectivity index (χ0n) is 18.9. The number of guanidine groups is 1. The van der Waals surface area contributed by atoms with Crippen LogP contribution in [0.5, 0.6) is 5.75 Å². The van der Waals surface area contributed by atoms with Crippen LogP contribution in [0.3, 0.4) is 0 Å². The zero-order valence-corrected chi connectivity index (χ0v) is 21.2. The van der Waals surface area contributed by atoms with Crippen molar-refractivity contribution in [1.29, 1.82) is 0 Å². The summed E-state index contributed by atoms with van der Waals surface area (Å²) >= 11 is 0. The van der Waals surface area contributed by atoms with Gasteiger partial charge in [-0.2, -0.15) is 0 Å². The Morgan fingerprint density at radius 1 is 1.20 bits per heavy atom. The van der Waals surface area contributed by atoms with Crippen LogP contribution >= 0.6 is 24.0 Å². The first kappa shape index (κ1) is 25.2. The zero-order chi connectivity index (χ0) is 20.5. The molecule has 1 aromatic rings. The van der Waals surface area contributed by atoms with Crippen LogP contribution in [0, 0.1) is 5.92 Å². The van der Waals surface area contributed by atoms with E-state index in [0.717, 1.165) is 44.4 Å². The summed E-state index contributed by atoms with van der Waals surface area (Å²) in [6.07, 6.45) is 5.15. The highest BCUT2D eigenvalue weighted by Gasteiger charge is 2.24. The summed E-state index contributed by atoms with van der Waals surface area (Å²) in [5.41, 5.74) is 1.29. The van der Waals surface area contributed by atoms with Gasteiger partial charge in [0.05, 0.1) is 19.7 Å². The Hall–Kier alpha value is -1.06. The van der Waals surface area contributed by atoms with E-state index < -0.39 is 0 Å². The third-order valence-corrected chi connectivity index (χ3v) is 6.11. The standard InChI is InChI=1S/C23H39N5O.HI/c1-4-24-23(25-16-19-9-8-12-27(2)18-19)26-17-22(28-13-5-6-14-28)20-10-7-11-21(15-20)29-3;/h7,10-11,15,19,22H,4-6,8-9,12-14,16-18H2,1-3H3,(H2,24,25,26);1H. The lowest BCUT2D eigenvalue weighted by atomic mass is 9.99. The van der Waals surface area contributed by atoms with Crippen LogP contribution in [0.2, 0.25) is 0 Å². The number of nitrogens with zero attached hydrogens (tertiary/aromatic N) is 3. The number of halogens is 1. The van der Waals surface area contributed by atoms with Gasteiger partial charge in [-0.05, 0) is 82.9 Å². The number of rotatable bonds is 8. The minimum absolute atomic E-state index is 0. The highest BCUT2D eigenvalue weighted by atomic mass is 127. The molecule has 2 aliphatic heterocycles. The first-order valence-corrected chi connectivity index (χ1v) is 11.3. The van der Waals surface area contributed by atoms with E-state index in [1.54, 1.807) is 7.11 Å². The molecule has 2 N–H and O–H groups in total. The second kappa shape index (κ2) is 13.4. The Kier molecular flexibility index (Phi) is 11.2. The first-order valence-electron chi connectivity index (χ1n) is 11.3. The molecule has 0 radical (unpaired) electrons. The smallest absolute Gasteiger partial charge is 0.191 e. The maximum atomic E-state index is 5.46. The molecule has 7 heteroatoms. The Labute approximate surface area is 199 Å². The molecule has 0 amide bonds. The summed E-state index contributed by atoms with van der Waals surface area (Å²) in [6, 6.07) is 8.77. The molecular weight excluding hydrogens is 489 g/mol. The topological polar surface area (TPSA) is 52.1 Å². The van der Waals surface area contributed by atoms with Crippen molar-refractivity contribution < 1.29 is 4.74 Å². The van der Waals surface area contributed by atoms with Gasteiger partial charge >= 0.3 is 0 Å². The molecule has 0 aromatic heterocycles. The minimum atomic E-state index is 0. The molecule has 0 saturated carbocycles. The Morgan fingerprint density at radius 2 is 2.00 bits per heavy atom. The number of piperidine rings is 1. The van der Waals surface area contributed by atoms with Gasteiger partial charge in [-0.25, -0.2) is 0 Å². The third-order valence-electron chi connectivity index (χ3n) is 6.11. The van der Waals surface area contributed by atoms with Gasteiger partial charge in [-0.15, -0.1) is 24.0 Å². The van der Waals surface area contributed by atoms with Gasteiger partial charge in [0.1, 0.15) is 5.75 Å². The van der Waals surface area contributed by atoms with Crippen LogP contribution in [0.15, 0.2) is 29.3 Å². The van der Waals surface area contributed by atoms with E-state index in [1.807, 2.05) is 6.07 Å². The molecule has 2 fully saturated rings. The van der Waals surface area contributed by atoms with Crippen molar-refractivity contribution in [2.45, 2.75) is 38.6 Å². The van der Waals surface area contributed by atoms with Gasteiger partial charge in [0, 0.05) is 19.6 Å². The van der Waals surface area contributed by atoms with E-state index in [2.05, 4.69) is 52.6 Å². The van der Waals surface area contributed by atoms with Crippen molar-refractivity contribution in [1.82, 2.24) is 20.4 Å². The van der Waals surface area contributed by atoms with Crippen LogP contribution in [-0.4, -0.2) is 75.7 Å². The second-order valence-corrected chi connectivity index (χ2v) is 8.41. The number of hydrogen-bond donors (Lipinski definition) is 2. The third kappa shape index (κ3) is 7.57. The van der Waals surface area contributed by atoms with Gasteiger partial charge in [-0.3, -0.25) is 9.89 Å². The summed E-state index contributed by atoms with van der Waals surface area (Å²) in [4.78, 5) is 10.00. The highest BCUT2D eigenvalue weighted by molar-refractivity contribution is 14.0. The van der Waals surface area contributed by atoms with Gasteiger partial charge in [-0.1, -0.05) is 12.1 Å². The molecule has 3 rings (SSSR count). The first-order chi connectivity index (χ1) is 14.2. The molecule has 6 nitrogen and oxygen atoms in total. The normalized spacial score (nSPS) is 21.7. The summed E-state index contributed by atoms with van der Waals surface area (Å²) < 4.78 is 5.46. The molecule has 0 spiro atoms. The van der Waals surface area contributed by atoms with Crippen molar-refractivity contribution >= 4 is 29.9 Å². The van der Waals surface area contributed by atoms with Gasteiger partial charge in [0.25, 0.3) is 0 Å². The molecule has 30 heavy (non-hydrogen) atoms. The lowest BCUT2D eigenvalue weighted by molar-refractivity contribution is 0.210. The molecule has 0 bridgehead atoms. The number of nitrogens with one attached hydrogen (secondary N) is 2. The fourth-order valence-electron chi connectivity index (χ4n) is 4.53. The van der Waals surface area contributed by atoms with E-state index in [1.165, 1.54) is 44.3 Å². The van der Waals surface area contributed by atoms with Crippen molar-refractivity contribution in [3.63, 3.8) is 0 Å². The fourth-order valence-corrected chi connectivity index (χ4v) is 4.53. The number of hydrogen-bond acceptors (Lipinski definition) is 4. The van der Waals surface area contributed by atoms with Crippen LogP contribution < -0.4 is 15.4 Å². The van der Waals surface area contributed by atoms with Crippen molar-refractivity contribution in [2.75, 3.05) is 60.0 Å². The maximum absolute atomic E-state index is 5.46. The van der Waals surface area contributed by atoms with E-state index in [4.69, 9.17) is 9.73 Å². The largest absolute Gasteiger partial charge is 0.497 e. The minimum Gasteiger partial charge on any atom is -0.497 e. The Morgan fingerprint density at radius 3 is 2.70 bits per heavy atom. The molecule has 170 valence electrons. The molecule has 0 aliphatic carbocycles. The maximum Gasteiger partial charge on any atom is 0.191 e. The molecule has 2 heterocycles. The van der Waals surface area contributed by atoms with Crippen LogP contribution in [-0.2, 0) is 0 Å². The molecule has 2 unspecified atom stereocenters. The molecular formula is C23H40IN5O. The number of ether oxygens (including phenoxy) is 1. The summed E-state index contributed by atoms with van der Waals surface area (Å²) in [5.74, 6) is 2.56. The van der Waals surface area contributed by atoms with Crippen molar-refractivity contribution in [3.05, 3.63) is 29.8 Å². The SMILES string of the molecule is CCNC(=NCC(c1cccc(OC)c1)N1CCCC1)NCC1CCCN(C)C1.I. The van der Waals surface area contributed by atoms with E-state index in [9.17, 15) is 0 Å². The second-order valence-electron chi connectivity index (χ2n) is 8.41. The lowest BCUT2D eigenvalue weighted by Gasteiger charge is -2.30. The predicted molar refractivity (Wildman–Crippen MR) is 136 cm³/mol.